The highest BCUT2D eigenvalue weighted by Crippen LogP contribution is 2.52. The number of phenols is 1. The summed E-state index contributed by atoms with van der Waals surface area (Å²) in [6, 6.07) is 3.66. The van der Waals surface area contributed by atoms with Gasteiger partial charge >= 0.3 is 0 Å². The lowest BCUT2D eigenvalue weighted by Crippen LogP contribution is -2.48. The molecule has 0 radical (unpaired) electrons. The van der Waals surface area contributed by atoms with Crippen LogP contribution in [0.1, 0.15) is 31.7 Å². The summed E-state index contributed by atoms with van der Waals surface area (Å²) >= 11 is 12.0. The zero-order chi connectivity index (χ0) is 22.1. The molecule has 1 saturated heterocycles. The number of hydrogen-bond acceptors (Lipinski definition) is 6. The lowest BCUT2D eigenvalue weighted by atomic mass is 10.0. The number of likely N-dealkylation sites (tertiary alicyclic amines) is 1. The first-order valence-corrected chi connectivity index (χ1v) is 10.5. The summed E-state index contributed by atoms with van der Waals surface area (Å²) in [5, 5.41) is 23.3. The summed E-state index contributed by atoms with van der Waals surface area (Å²) in [6.45, 7) is 2.01. The van der Waals surface area contributed by atoms with Crippen molar-refractivity contribution in [1.82, 2.24) is 10.2 Å². The highest BCUT2D eigenvalue weighted by molar-refractivity contribution is 6.50. The van der Waals surface area contributed by atoms with Crippen LogP contribution in [0.5, 0.6) is 5.75 Å². The Labute approximate surface area is 184 Å². The molecule has 1 aromatic rings. The third kappa shape index (κ3) is 5.05. The van der Waals surface area contributed by atoms with Crippen LogP contribution in [0.25, 0.3) is 0 Å². The number of aromatic hydroxyl groups is 1. The average molecular weight is 455 g/mol. The van der Waals surface area contributed by atoms with Gasteiger partial charge in [0.15, 0.2) is 5.78 Å². The molecule has 0 aromatic heterocycles. The number of hydrogen-bond donors (Lipinski definition) is 4. The maximum absolute atomic E-state index is 12.7. The maximum Gasteiger partial charge on any atom is 0.242 e. The minimum Gasteiger partial charge on any atom is -0.508 e. The van der Waals surface area contributed by atoms with Gasteiger partial charge in [0.05, 0.1) is 6.54 Å². The van der Waals surface area contributed by atoms with E-state index >= 15 is 0 Å². The van der Waals surface area contributed by atoms with E-state index in [0.717, 1.165) is 6.42 Å². The number of halogens is 2. The van der Waals surface area contributed by atoms with E-state index in [9.17, 15) is 19.5 Å². The van der Waals surface area contributed by atoms with Crippen LogP contribution in [0.3, 0.4) is 0 Å². The number of ketones is 1. The number of Topliss-reactive ketones (excluding diaryl/α,β-unsaturated/α-hetero) is 1. The van der Waals surface area contributed by atoms with Crippen LogP contribution < -0.4 is 10.6 Å². The first kappa shape index (κ1) is 22.4. The summed E-state index contributed by atoms with van der Waals surface area (Å²) in [6.07, 6.45) is 1.94. The Morgan fingerprint density at radius 1 is 1.33 bits per heavy atom. The van der Waals surface area contributed by atoms with Crippen LogP contribution in [0.2, 0.25) is 0 Å². The largest absolute Gasteiger partial charge is 0.508 e. The third-order valence-electron chi connectivity index (χ3n) is 5.41. The fourth-order valence-corrected chi connectivity index (χ4v) is 4.05. The van der Waals surface area contributed by atoms with Crippen LogP contribution in [0.15, 0.2) is 18.2 Å². The molecule has 10 heteroatoms. The molecule has 0 spiro atoms. The summed E-state index contributed by atoms with van der Waals surface area (Å²) < 4.78 is -0.766. The highest BCUT2D eigenvalue weighted by Gasteiger charge is 2.51. The Hall–Kier alpha value is -2.32. The van der Waals surface area contributed by atoms with Crippen molar-refractivity contribution in [3.63, 3.8) is 0 Å². The van der Waals surface area contributed by atoms with E-state index in [1.807, 2.05) is 0 Å². The van der Waals surface area contributed by atoms with Crippen LogP contribution in [-0.2, 0) is 14.4 Å². The SMILES string of the molecule is CC(=O)C(=N)c1cc(O)ccc1NCC(=O)N1CCC[C@H]1C(=O)NC[C@H]1CC1(Cl)Cl. The van der Waals surface area contributed by atoms with Crippen LogP contribution in [0, 0.1) is 11.3 Å². The molecule has 8 nitrogen and oxygen atoms in total. The van der Waals surface area contributed by atoms with E-state index in [4.69, 9.17) is 28.6 Å². The van der Waals surface area contributed by atoms with Gasteiger partial charge in [-0.15, -0.1) is 23.2 Å². The Morgan fingerprint density at radius 3 is 2.67 bits per heavy atom. The van der Waals surface area contributed by atoms with E-state index in [-0.39, 0.29) is 41.3 Å². The lowest BCUT2D eigenvalue weighted by molar-refractivity contribution is -0.137. The van der Waals surface area contributed by atoms with Crippen molar-refractivity contribution in [2.45, 2.75) is 36.6 Å². The van der Waals surface area contributed by atoms with Crippen LogP contribution in [0.4, 0.5) is 5.69 Å². The number of nitrogens with zero attached hydrogens (tertiary/aromatic N) is 1. The zero-order valence-corrected chi connectivity index (χ0v) is 18.0. The molecular formula is C20H24Cl2N4O4. The van der Waals surface area contributed by atoms with Crippen molar-refractivity contribution in [3.8, 4) is 5.75 Å². The molecule has 1 heterocycles. The number of anilines is 1. The van der Waals surface area contributed by atoms with Gasteiger partial charge in [0.1, 0.15) is 21.8 Å². The zero-order valence-electron chi connectivity index (χ0n) is 16.5. The molecular weight excluding hydrogens is 431 g/mol. The third-order valence-corrected chi connectivity index (χ3v) is 6.33. The molecule has 1 saturated carbocycles. The average Bonchev–Trinajstić information content (AvgIpc) is 3.07. The van der Waals surface area contributed by atoms with Crippen molar-refractivity contribution in [1.29, 1.82) is 5.41 Å². The van der Waals surface area contributed by atoms with Gasteiger partial charge in [0.2, 0.25) is 11.8 Å². The minimum atomic E-state index is -0.766. The summed E-state index contributed by atoms with van der Waals surface area (Å²) in [7, 11) is 0. The lowest BCUT2D eigenvalue weighted by Gasteiger charge is -2.24. The minimum absolute atomic E-state index is 0.0292. The van der Waals surface area contributed by atoms with Crippen molar-refractivity contribution >= 4 is 52.2 Å². The Balaban J connectivity index is 1.60. The summed E-state index contributed by atoms with van der Waals surface area (Å²) in [5.74, 6) is -1.00. The van der Waals surface area contributed by atoms with Crippen molar-refractivity contribution < 1.29 is 19.5 Å². The van der Waals surface area contributed by atoms with Gasteiger partial charge in [0, 0.05) is 37.2 Å². The highest BCUT2D eigenvalue weighted by atomic mass is 35.5. The molecule has 162 valence electrons. The number of carbonyl (C=O) groups excluding carboxylic acids is 3. The van der Waals surface area contributed by atoms with E-state index < -0.39 is 16.2 Å². The van der Waals surface area contributed by atoms with Gasteiger partial charge in [-0.2, -0.15) is 0 Å². The predicted octanol–water partition coefficient (Wildman–Crippen LogP) is 2.06. The summed E-state index contributed by atoms with van der Waals surface area (Å²) in [5.41, 5.74) is 0.325. The second-order valence-electron chi connectivity index (χ2n) is 7.67. The second kappa shape index (κ2) is 8.81. The Morgan fingerprint density at radius 2 is 2.03 bits per heavy atom. The topological polar surface area (TPSA) is 123 Å². The predicted molar refractivity (Wildman–Crippen MR) is 114 cm³/mol. The second-order valence-corrected chi connectivity index (χ2v) is 9.21. The number of phenolic OH excluding ortho intramolecular Hbond substituents is 1. The fraction of sp³-hybridized carbons (Fsp3) is 0.500. The number of amides is 2. The van der Waals surface area contributed by atoms with Gasteiger partial charge < -0.3 is 20.6 Å². The van der Waals surface area contributed by atoms with Crippen LogP contribution in [-0.4, -0.2) is 63.3 Å². The smallest absolute Gasteiger partial charge is 0.242 e. The number of rotatable bonds is 8. The number of alkyl halides is 2. The first-order chi connectivity index (χ1) is 14.1. The fourth-order valence-electron chi connectivity index (χ4n) is 3.53. The molecule has 2 aliphatic rings. The molecule has 2 atom stereocenters. The van der Waals surface area contributed by atoms with Crippen LogP contribution >= 0.6 is 23.2 Å². The maximum atomic E-state index is 12.7. The van der Waals surface area contributed by atoms with E-state index in [2.05, 4.69) is 10.6 Å². The van der Waals surface area contributed by atoms with Crippen molar-refractivity contribution in [2.75, 3.05) is 25.0 Å². The molecule has 1 aromatic carbocycles. The molecule has 4 N–H and O–H groups in total. The molecule has 1 aliphatic heterocycles. The van der Waals surface area contributed by atoms with E-state index in [0.29, 0.717) is 31.6 Å². The van der Waals surface area contributed by atoms with Crippen molar-refractivity contribution in [3.05, 3.63) is 23.8 Å². The molecule has 2 fully saturated rings. The molecule has 30 heavy (non-hydrogen) atoms. The number of nitrogens with one attached hydrogen (secondary N) is 3. The monoisotopic (exact) mass is 454 g/mol. The van der Waals surface area contributed by atoms with E-state index in [1.54, 1.807) is 0 Å². The quantitative estimate of drug-likeness (QED) is 0.272. The molecule has 1 aliphatic carbocycles. The van der Waals surface area contributed by atoms with Crippen molar-refractivity contribution in [2.24, 2.45) is 5.92 Å². The van der Waals surface area contributed by atoms with E-state index in [1.165, 1.54) is 30.0 Å². The molecule has 0 unspecified atom stereocenters. The van der Waals surface area contributed by atoms with Gasteiger partial charge in [-0.05, 0) is 37.5 Å². The standard InChI is InChI=1S/C20H24Cl2N4O4/c1-11(27)18(23)14-7-13(28)4-5-15(14)24-10-17(29)26-6-2-3-16(26)19(30)25-9-12-8-20(12,21)22/h4-5,7,12,16,23-24,28H,2-3,6,8-10H2,1H3,(H,25,30)/t12-,16+/m1/s1. The van der Waals surface area contributed by atoms with Gasteiger partial charge in [-0.25, -0.2) is 0 Å². The number of benzene rings is 1. The van der Waals surface area contributed by atoms with Gasteiger partial charge in [0.25, 0.3) is 0 Å². The summed E-state index contributed by atoms with van der Waals surface area (Å²) in [4.78, 5) is 38.4. The van der Waals surface area contributed by atoms with Gasteiger partial charge in [-0.1, -0.05) is 0 Å². The first-order valence-electron chi connectivity index (χ1n) is 9.72. The molecule has 3 rings (SSSR count). The normalized spacial score (nSPS) is 21.8. The Kier molecular flexibility index (Phi) is 6.57. The van der Waals surface area contributed by atoms with Gasteiger partial charge in [-0.3, -0.25) is 19.8 Å². The molecule has 2 amide bonds. The number of carbonyl (C=O) groups is 3. The molecule has 0 bridgehead atoms. The Bertz CT molecular complexity index is 890.